The third kappa shape index (κ3) is 3.14. The van der Waals surface area contributed by atoms with Gasteiger partial charge in [0.25, 0.3) is 0 Å². The molecule has 1 aromatic carbocycles. The van der Waals surface area contributed by atoms with Crippen molar-refractivity contribution in [1.29, 1.82) is 0 Å². The summed E-state index contributed by atoms with van der Waals surface area (Å²) in [5.74, 6) is 1.35. The number of ether oxygens (including phenoxy) is 2. The second kappa shape index (κ2) is 6.49. The molecule has 1 heterocycles. The highest BCUT2D eigenvalue weighted by molar-refractivity contribution is 7.72. The number of aromatic nitrogens is 3. The van der Waals surface area contributed by atoms with E-state index in [1.807, 2.05) is 25.1 Å². The SMILES string of the molecule is CCOc1ccc(/C=N\n2c(=S)[nH][nH]c2=S)cc1OC. The van der Waals surface area contributed by atoms with Crippen LogP contribution in [-0.4, -0.2) is 34.8 Å². The summed E-state index contributed by atoms with van der Waals surface area (Å²) in [6, 6.07) is 5.54. The van der Waals surface area contributed by atoms with Crippen molar-refractivity contribution in [2.24, 2.45) is 5.10 Å². The van der Waals surface area contributed by atoms with Crippen LogP contribution in [0.4, 0.5) is 0 Å². The van der Waals surface area contributed by atoms with E-state index in [0.29, 0.717) is 27.6 Å². The van der Waals surface area contributed by atoms with Gasteiger partial charge >= 0.3 is 0 Å². The summed E-state index contributed by atoms with van der Waals surface area (Å²) in [4.78, 5) is 0. The molecule has 2 rings (SSSR count). The number of hydrogen-bond acceptors (Lipinski definition) is 5. The summed E-state index contributed by atoms with van der Waals surface area (Å²) in [5, 5.41) is 9.63. The van der Waals surface area contributed by atoms with Crippen molar-refractivity contribution in [3.8, 4) is 11.5 Å². The zero-order chi connectivity index (χ0) is 14.5. The molecule has 0 fully saturated rings. The fourth-order valence-electron chi connectivity index (χ4n) is 1.57. The van der Waals surface area contributed by atoms with Crippen LogP contribution in [0.25, 0.3) is 0 Å². The molecule has 0 unspecified atom stereocenters. The molecule has 0 aliphatic carbocycles. The van der Waals surface area contributed by atoms with Crippen LogP contribution in [0, 0.1) is 9.54 Å². The number of benzene rings is 1. The van der Waals surface area contributed by atoms with E-state index in [1.165, 1.54) is 4.68 Å². The van der Waals surface area contributed by atoms with Gasteiger partial charge in [0.1, 0.15) is 0 Å². The van der Waals surface area contributed by atoms with Crippen LogP contribution < -0.4 is 9.47 Å². The molecule has 8 heteroatoms. The Kier molecular flexibility index (Phi) is 4.70. The van der Waals surface area contributed by atoms with E-state index in [9.17, 15) is 0 Å². The minimum absolute atomic E-state index is 0.407. The minimum atomic E-state index is 0.407. The Bertz CT molecular complexity index is 702. The molecule has 0 saturated carbocycles. The molecule has 0 radical (unpaired) electrons. The maximum absolute atomic E-state index is 5.45. The normalized spacial score (nSPS) is 10.9. The molecule has 0 aliphatic heterocycles. The van der Waals surface area contributed by atoms with Crippen molar-refractivity contribution in [2.45, 2.75) is 6.92 Å². The van der Waals surface area contributed by atoms with E-state index >= 15 is 0 Å². The fourth-order valence-corrected chi connectivity index (χ4v) is 2.01. The predicted octanol–water partition coefficient (Wildman–Crippen LogP) is 2.89. The Hall–Kier alpha value is -1.93. The number of H-pyrrole nitrogens is 2. The highest BCUT2D eigenvalue weighted by Gasteiger charge is 2.04. The molecule has 2 aromatic rings. The summed E-state index contributed by atoms with van der Waals surface area (Å²) in [7, 11) is 1.59. The van der Waals surface area contributed by atoms with E-state index in [1.54, 1.807) is 13.3 Å². The largest absolute Gasteiger partial charge is 0.493 e. The van der Waals surface area contributed by atoms with Crippen molar-refractivity contribution >= 4 is 30.7 Å². The van der Waals surface area contributed by atoms with Gasteiger partial charge in [-0.1, -0.05) is 0 Å². The van der Waals surface area contributed by atoms with Gasteiger partial charge < -0.3 is 9.47 Å². The first-order chi connectivity index (χ1) is 9.65. The van der Waals surface area contributed by atoms with Crippen LogP contribution in [0.3, 0.4) is 0 Å². The molecule has 0 saturated heterocycles. The first-order valence-corrected chi connectivity index (χ1v) is 6.72. The number of hydrogen-bond donors (Lipinski definition) is 2. The summed E-state index contributed by atoms with van der Waals surface area (Å²) in [5.41, 5.74) is 0.850. The summed E-state index contributed by atoms with van der Waals surface area (Å²) in [6.07, 6.45) is 1.64. The quantitative estimate of drug-likeness (QED) is 0.658. The smallest absolute Gasteiger partial charge is 0.215 e. The van der Waals surface area contributed by atoms with Gasteiger partial charge in [0.05, 0.1) is 19.9 Å². The molecule has 20 heavy (non-hydrogen) atoms. The zero-order valence-electron chi connectivity index (χ0n) is 11.0. The van der Waals surface area contributed by atoms with Gasteiger partial charge in [-0.15, -0.1) is 0 Å². The van der Waals surface area contributed by atoms with Gasteiger partial charge in [-0.3, -0.25) is 10.2 Å². The third-order valence-electron chi connectivity index (χ3n) is 2.47. The lowest BCUT2D eigenvalue weighted by Gasteiger charge is -2.09. The summed E-state index contributed by atoms with van der Waals surface area (Å²) < 4.78 is 13.0. The monoisotopic (exact) mass is 310 g/mol. The number of nitrogens with zero attached hydrogens (tertiary/aromatic N) is 2. The van der Waals surface area contributed by atoms with Crippen molar-refractivity contribution in [1.82, 2.24) is 14.9 Å². The predicted molar refractivity (Wildman–Crippen MR) is 82.0 cm³/mol. The van der Waals surface area contributed by atoms with Gasteiger partial charge in [0.2, 0.25) is 9.54 Å². The Balaban J connectivity index is 2.30. The number of rotatable bonds is 5. The maximum atomic E-state index is 5.45. The van der Waals surface area contributed by atoms with Gasteiger partial charge in [-0.05, 0) is 55.1 Å². The fraction of sp³-hybridized carbons (Fsp3) is 0.250. The minimum Gasteiger partial charge on any atom is -0.493 e. The van der Waals surface area contributed by atoms with Crippen LogP contribution >= 0.6 is 24.4 Å². The van der Waals surface area contributed by atoms with Gasteiger partial charge in [0.15, 0.2) is 11.5 Å². The van der Waals surface area contributed by atoms with Gasteiger partial charge in [-0.2, -0.15) is 9.78 Å². The Labute approximate surface area is 126 Å². The first-order valence-electron chi connectivity index (χ1n) is 5.90. The number of methoxy groups -OCH3 is 1. The van der Waals surface area contributed by atoms with E-state index in [4.69, 9.17) is 33.9 Å². The van der Waals surface area contributed by atoms with Crippen LogP contribution in [0.2, 0.25) is 0 Å². The summed E-state index contributed by atoms with van der Waals surface area (Å²) in [6.45, 7) is 2.50. The second-order valence-corrected chi connectivity index (χ2v) is 4.53. The third-order valence-corrected chi connectivity index (χ3v) is 3.02. The Morgan fingerprint density at radius 1 is 1.25 bits per heavy atom. The van der Waals surface area contributed by atoms with Crippen LogP contribution in [0.1, 0.15) is 12.5 Å². The van der Waals surface area contributed by atoms with Crippen molar-refractivity contribution in [3.05, 3.63) is 33.3 Å². The highest BCUT2D eigenvalue weighted by Crippen LogP contribution is 2.27. The molecule has 0 spiro atoms. The van der Waals surface area contributed by atoms with Crippen LogP contribution in [0.5, 0.6) is 11.5 Å². The molecule has 1 aromatic heterocycles. The van der Waals surface area contributed by atoms with E-state index in [2.05, 4.69) is 15.3 Å². The van der Waals surface area contributed by atoms with Crippen molar-refractivity contribution in [3.63, 3.8) is 0 Å². The van der Waals surface area contributed by atoms with Gasteiger partial charge in [-0.25, -0.2) is 0 Å². The molecule has 0 aliphatic rings. The maximum Gasteiger partial charge on any atom is 0.215 e. The summed E-state index contributed by atoms with van der Waals surface area (Å²) >= 11 is 10.1. The first kappa shape index (κ1) is 14.5. The topological polar surface area (TPSA) is 67.3 Å². The molecule has 6 nitrogen and oxygen atoms in total. The zero-order valence-corrected chi connectivity index (χ0v) is 12.7. The Morgan fingerprint density at radius 2 is 1.95 bits per heavy atom. The average Bonchev–Trinajstić information content (AvgIpc) is 2.77. The number of aromatic amines is 2. The lowest BCUT2D eigenvalue weighted by Crippen LogP contribution is -1.97. The molecular weight excluding hydrogens is 296 g/mol. The van der Waals surface area contributed by atoms with Gasteiger partial charge in [0, 0.05) is 0 Å². The standard InChI is InChI=1S/C12H14N4O2S2/c1-3-18-9-5-4-8(6-10(9)17-2)7-13-16-11(19)14-15-12(16)20/h4-7H,3H2,1-2H3,(H,14,19)(H,15,20)/b13-7-. The molecule has 0 amide bonds. The number of nitrogens with one attached hydrogen (secondary N) is 2. The van der Waals surface area contributed by atoms with Crippen molar-refractivity contribution < 1.29 is 9.47 Å². The highest BCUT2D eigenvalue weighted by atomic mass is 32.1. The van der Waals surface area contributed by atoms with E-state index in [-0.39, 0.29) is 0 Å². The van der Waals surface area contributed by atoms with E-state index < -0.39 is 0 Å². The molecule has 0 atom stereocenters. The van der Waals surface area contributed by atoms with Crippen LogP contribution in [-0.2, 0) is 0 Å². The molecular formula is C12H14N4O2S2. The van der Waals surface area contributed by atoms with E-state index in [0.717, 1.165) is 5.56 Å². The molecule has 2 N–H and O–H groups in total. The average molecular weight is 310 g/mol. The Morgan fingerprint density at radius 3 is 2.55 bits per heavy atom. The second-order valence-electron chi connectivity index (χ2n) is 3.76. The van der Waals surface area contributed by atoms with Crippen molar-refractivity contribution in [2.75, 3.05) is 13.7 Å². The molecule has 0 bridgehead atoms. The lowest BCUT2D eigenvalue weighted by atomic mass is 10.2. The lowest BCUT2D eigenvalue weighted by molar-refractivity contribution is 0.311. The van der Waals surface area contributed by atoms with Crippen LogP contribution in [0.15, 0.2) is 23.3 Å². The molecule has 106 valence electrons.